The number of amides is 1. The maximum atomic E-state index is 13.7. The zero-order valence-corrected chi connectivity index (χ0v) is 14.6. The average molecular weight is 340 g/mol. The molecular formula is C18H23ClFNO2. The predicted octanol–water partition coefficient (Wildman–Crippen LogP) is 5.14. The monoisotopic (exact) mass is 339 g/mol. The highest BCUT2D eigenvalue weighted by atomic mass is 35.5. The first kappa shape index (κ1) is 17.8. The lowest BCUT2D eigenvalue weighted by atomic mass is 9.96. The minimum absolute atomic E-state index is 0.267. The number of halogens is 2. The van der Waals surface area contributed by atoms with Crippen molar-refractivity contribution in [2.75, 3.05) is 13.1 Å². The molecule has 0 aliphatic carbocycles. The van der Waals surface area contributed by atoms with Gasteiger partial charge in [-0.25, -0.2) is 9.18 Å². The van der Waals surface area contributed by atoms with E-state index in [9.17, 15) is 9.18 Å². The Labute approximate surface area is 142 Å². The highest BCUT2D eigenvalue weighted by Crippen LogP contribution is 2.24. The van der Waals surface area contributed by atoms with Crippen molar-refractivity contribution in [2.24, 2.45) is 5.92 Å². The number of rotatable bonds is 2. The molecule has 0 N–H and O–H groups in total. The lowest BCUT2D eigenvalue weighted by Crippen LogP contribution is -2.41. The van der Waals surface area contributed by atoms with Crippen LogP contribution in [0.2, 0.25) is 5.02 Å². The minimum Gasteiger partial charge on any atom is -0.444 e. The minimum atomic E-state index is -0.477. The van der Waals surface area contributed by atoms with Crippen molar-refractivity contribution >= 4 is 23.8 Å². The van der Waals surface area contributed by atoms with Gasteiger partial charge in [0.2, 0.25) is 0 Å². The molecule has 1 aromatic carbocycles. The largest absolute Gasteiger partial charge is 0.444 e. The number of likely N-dealkylation sites (tertiary alicyclic amines) is 1. The molecule has 0 aromatic heterocycles. The summed E-state index contributed by atoms with van der Waals surface area (Å²) in [4.78, 5) is 13.7. The predicted molar refractivity (Wildman–Crippen MR) is 91.0 cm³/mol. The number of hydrogen-bond acceptors (Lipinski definition) is 2. The number of piperidine rings is 1. The number of hydrogen-bond donors (Lipinski definition) is 0. The third-order valence-corrected chi connectivity index (χ3v) is 4.06. The Balaban J connectivity index is 1.90. The molecule has 0 atom stereocenters. The first-order valence-electron chi connectivity index (χ1n) is 7.86. The van der Waals surface area contributed by atoms with Gasteiger partial charge in [-0.05, 0) is 51.7 Å². The lowest BCUT2D eigenvalue weighted by Gasteiger charge is -2.32. The van der Waals surface area contributed by atoms with Crippen molar-refractivity contribution in [3.63, 3.8) is 0 Å². The van der Waals surface area contributed by atoms with Gasteiger partial charge in [0, 0.05) is 18.7 Å². The van der Waals surface area contributed by atoms with Crippen LogP contribution in [0.4, 0.5) is 9.18 Å². The van der Waals surface area contributed by atoms with Gasteiger partial charge in [-0.15, -0.1) is 0 Å². The van der Waals surface area contributed by atoms with Crippen molar-refractivity contribution in [1.82, 2.24) is 4.90 Å². The Hall–Kier alpha value is -1.55. The molecule has 0 saturated carbocycles. The standard InChI is InChI=1S/C18H23ClFNO2/c1-18(2,3)23-17(22)21-11-9-13(10-12-21)7-8-14-15(19)5-4-6-16(14)20/h4-8,13H,9-12H2,1-3H3/b8-7+. The van der Waals surface area contributed by atoms with Gasteiger partial charge in [0.1, 0.15) is 11.4 Å². The zero-order valence-electron chi connectivity index (χ0n) is 13.8. The van der Waals surface area contributed by atoms with E-state index < -0.39 is 5.60 Å². The van der Waals surface area contributed by atoms with E-state index in [-0.39, 0.29) is 11.9 Å². The first-order valence-corrected chi connectivity index (χ1v) is 8.24. The zero-order chi connectivity index (χ0) is 17.0. The van der Waals surface area contributed by atoms with Crippen molar-refractivity contribution in [3.05, 3.63) is 40.7 Å². The molecule has 0 unspecified atom stereocenters. The van der Waals surface area contributed by atoms with E-state index in [2.05, 4.69) is 0 Å². The van der Waals surface area contributed by atoms with E-state index in [1.165, 1.54) is 6.07 Å². The fourth-order valence-electron chi connectivity index (χ4n) is 2.50. The molecule has 23 heavy (non-hydrogen) atoms. The van der Waals surface area contributed by atoms with Gasteiger partial charge in [-0.3, -0.25) is 0 Å². The summed E-state index contributed by atoms with van der Waals surface area (Å²) in [6.07, 6.45) is 5.13. The first-order chi connectivity index (χ1) is 10.8. The second-order valence-electron chi connectivity index (χ2n) is 6.80. The van der Waals surface area contributed by atoms with Crippen molar-refractivity contribution < 1.29 is 13.9 Å². The van der Waals surface area contributed by atoms with Gasteiger partial charge in [-0.2, -0.15) is 0 Å². The van der Waals surface area contributed by atoms with E-state index >= 15 is 0 Å². The number of carbonyl (C=O) groups excluding carboxylic acids is 1. The average Bonchev–Trinajstić information content (AvgIpc) is 2.45. The normalized spacial score (nSPS) is 16.8. The second-order valence-corrected chi connectivity index (χ2v) is 7.21. The van der Waals surface area contributed by atoms with Crippen LogP contribution in [-0.4, -0.2) is 29.7 Å². The van der Waals surface area contributed by atoms with Gasteiger partial charge in [-0.1, -0.05) is 29.8 Å². The highest BCUT2D eigenvalue weighted by molar-refractivity contribution is 6.32. The van der Waals surface area contributed by atoms with E-state index in [0.717, 1.165) is 12.8 Å². The third kappa shape index (κ3) is 5.24. The number of carbonyl (C=O) groups is 1. The molecule has 0 bridgehead atoms. The van der Waals surface area contributed by atoms with Crippen LogP contribution in [0.5, 0.6) is 0 Å². The van der Waals surface area contributed by atoms with E-state index in [1.54, 1.807) is 23.1 Å². The fraction of sp³-hybridized carbons (Fsp3) is 0.500. The van der Waals surface area contributed by atoms with E-state index in [0.29, 0.717) is 29.6 Å². The van der Waals surface area contributed by atoms with Crippen LogP contribution < -0.4 is 0 Å². The van der Waals surface area contributed by atoms with Crippen LogP contribution in [0.15, 0.2) is 24.3 Å². The molecule has 1 aliphatic rings. The summed E-state index contributed by atoms with van der Waals surface area (Å²) in [5, 5.41) is 0.410. The summed E-state index contributed by atoms with van der Waals surface area (Å²) in [5.41, 5.74) is -0.0566. The summed E-state index contributed by atoms with van der Waals surface area (Å²) in [7, 11) is 0. The van der Waals surface area contributed by atoms with Crippen LogP contribution >= 0.6 is 11.6 Å². The van der Waals surface area contributed by atoms with Crippen molar-refractivity contribution in [3.8, 4) is 0 Å². The van der Waals surface area contributed by atoms with Gasteiger partial charge < -0.3 is 9.64 Å². The molecule has 3 nitrogen and oxygen atoms in total. The van der Waals surface area contributed by atoms with Crippen LogP contribution in [0, 0.1) is 11.7 Å². The molecule has 0 radical (unpaired) electrons. The molecule has 2 rings (SSSR count). The Bertz CT molecular complexity index is 567. The van der Waals surface area contributed by atoms with E-state index in [4.69, 9.17) is 16.3 Å². The Morgan fingerprint density at radius 1 is 1.35 bits per heavy atom. The SMILES string of the molecule is CC(C)(C)OC(=O)N1CCC(/C=C/c2c(F)cccc2Cl)CC1. The third-order valence-electron chi connectivity index (χ3n) is 3.73. The maximum Gasteiger partial charge on any atom is 0.410 e. The van der Waals surface area contributed by atoms with Crippen molar-refractivity contribution in [1.29, 1.82) is 0 Å². The van der Waals surface area contributed by atoms with Crippen LogP contribution in [0.1, 0.15) is 39.2 Å². The Kier molecular flexibility index (Phi) is 5.69. The molecule has 1 amide bonds. The summed E-state index contributed by atoms with van der Waals surface area (Å²) in [6, 6.07) is 4.67. The Morgan fingerprint density at radius 3 is 2.57 bits per heavy atom. The Morgan fingerprint density at radius 2 is 2.00 bits per heavy atom. The molecule has 5 heteroatoms. The second kappa shape index (κ2) is 7.35. The lowest BCUT2D eigenvalue weighted by molar-refractivity contribution is 0.0197. The molecule has 126 valence electrons. The molecular weight excluding hydrogens is 317 g/mol. The summed E-state index contributed by atoms with van der Waals surface area (Å²) in [5.74, 6) is -0.00991. The fourth-order valence-corrected chi connectivity index (χ4v) is 2.73. The smallest absolute Gasteiger partial charge is 0.410 e. The number of allylic oxidation sites excluding steroid dienone is 1. The van der Waals surface area contributed by atoms with Crippen LogP contribution in [-0.2, 0) is 4.74 Å². The number of benzene rings is 1. The van der Waals surface area contributed by atoms with Gasteiger partial charge >= 0.3 is 6.09 Å². The van der Waals surface area contributed by atoms with Crippen LogP contribution in [0.3, 0.4) is 0 Å². The summed E-state index contributed by atoms with van der Waals surface area (Å²) < 4.78 is 19.1. The molecule has 1 fully saturated rings. The van der Waals surface area contributed by atoms with Gasteiger partial charge in [0.15, 0.2) is 0 Å². The highest BCUT2D eigenvalue weighted by Gasteiger charge is 2.25. The van der Waals surface area contributed by atoms with Crippen molar-refractivity contribution in [2.45, 2.75) is 39.2 Å². The molecule has 1 saturated heterocycles. The summed E-state index contributed by atoms with van der Waals surface area (Å²) in [6.45, 7) is 6.87. The van der Waals surface area contributed by atoms with E-state index in [1.807, 2.05) is 26.8 Å². The summed E-state index contributed by atoms with van der Waals surface area (Å²) >= 11 is 6.01. The quantitative estimate of drug-likeness (QED) is 0.746. The van der Waals surface area contributed by atoms with Gasteiger partial charge in [0.05, 0.1) is 5.02 Å². The number of ether oxygens (including phenoxy) is 1. The number of nitrogens with zero attached hydrogens (tertiary/aromatic N) is 1. The molecule has 0 spiro atoms. The molecule has 1 heterocycles. The van der Waals surface area contributed by atoms with Crippen LogP contribution in [0.25, 0.3) is 6.08 Å². The topological polar surface area (TPSA) is 29.5 Å². The molecule has 1 aliphatic heterocycles. The van der Waals surface area contributed by atoms with Gasteiger partial charge in [0.25, 0.3) is 0 Å². The molecule has 1 aromatic rings. The maximum absolute atomic E-state index is 13.7.